The van der Waals surface area contributed by atoms with Crippen LogP contribution in [0.25, 0.3) is 17.1 Å². The highest BCUT2D eigenvalue weighted by Gasteiger charge is 2.14. The van der Waals surface area contributed by atoms with E-state index in [0.29, 0.717) is 16.5 Å². The molecule has 3 rings (SSSR count). The highest BCUT2D eigenvalue weighted by Crippen LogP contribution is 2.29. The van der Waals surface area contributed by atoms with Crippen molar-refractivity contribution in [1.29, 1.82) is 0 Å². The SMILES string of the molecule is Cc1ccc(-n2nnnc2-c2ccc(N)cc2Cl)cc1C. The molecule has 0 radical (unpaired) electrons. The fourth-order valence-electron chi connectivity index (χ4n) is 2.10. The third-order valence-corrected chi connectivity index (χ3v) is 3.75. The molecule has 3 aromatic rings. The minimum atomic E-state index is 0.523. The van der Waals surface area contributed by atoms with Gasteiger partial charge < -0.3 is 5.73 Å². The zero-order valence-electron chi connectivity index (χ0n) is 11.7. The largest absolute Gasteiger partial charge is 0.399 e. The van der Waals surface area contributed by atoms with Gasteiger partial charge in [0.1, 0.15) is 0 Å². The molecule has 0 spiro atoms. The Morgan fingerprint density at radius 2 is 1.86 bits per heavy atom. The monoisotopic (exact) mass is 299 g/mol. The topological polar surface area (TPSA) is 69.6 Å². The van der Waals surface area contributed by atoms with E-state index < -0.39 is 0 Å². The molecular weight excluding hydrogens is 286 g/mol. The summed E-state index contributed by atoms with van der Waals surface area (Å²) in [5, 5.41) is 12.4. The van der Waals surface area contributed by atoms with E-state index in [-0.39, 0.29) is 0 Å². The molecular formula is C15H14ClN5. The normalized spacial score (nSPS) is 10.8. The summed E-state index contributed by atoms with van der Waals surface area (Å²) < 4.78 is 1.67. The Morgan fingerprint density at radius 3 is 2.57 bits per heavy atom. The Hall–Kier alpha value is -2.40. The standard InChI is InChI=1S/C15H14ClN5/c1-9-3-5-12(7-10(9)2)21-15(18-19-20-21)13-6-4-11(17)8-14(13)16/h3-8H,17H2,1-2H3. The molecule has 5 nitrogen and oxygen atoms in total. The fourth-order valence-corrected chi connectivity index (χ4v) is 2.37. The number of hydrogen-bond acceptors (Lipinski definition) is 4. The van der Waals surface area contributed by atoms with Crippen molar-refractivity contribution in [3.8, 4) is 17.1 Å². The molecule has 0 fully saturated rings. The van der Waals surface area contributed by atoms with E-state index in [9.17, 15) is 0 Å². The van der Waals surface area contributed by atoms with Crippen LogP contribution in [0.2, 0.25) is 5.02 Å². The molecule has 0 aliphatic carbocycles. The number of aromatic nitrogens is 4. The Bertz CT molecular complexity index is 810. The van der Waals surface area contributed by atoms with Crippen LogP contribution in [0.3, 0.4) is 0 Å². The van der Waals surface area contributed by atoms with E-state index in [1.807, 2.05) is 24.3 Å². The van der Waals surface area contributed by atoms with E-state index in [4.69, 9.17) is 17.3 Å². The molecule has 0 saturated heterocycles. The first kappa shape index (κ1) is 13.6. The first-order valence-electron chi connectivity index (χ1n) is 6.47. The Morgan fingerprint density at radius 1 is 1.05 bits per heavy atom. The number of rotatable bonds is 2. The molecule has 1 heterocycles. The van der Waals surface area contributed by atoms with Gasteiger partial charge in [-0.1, -0.05) is 17.7 Å². The van der Waals surface area contributed by atoms with Crippen molar-refractivity contribution in [1.82, 2.24) is 20.2 Å². The summed E-state index contributed by atoms with van der Waals surface area (Å²) in [5.41, 5.74) is 10.4. The Balaban J connectivity index is 2.14. The van der Waals surface area contributed by atoms with Gasteiger partial charge in [0.15, 0.2) is 5.82 Å². The Kier molecular flexibility index (Phi) is 3.35. The van der Waals surface area contributed by atoms with E-state index >= 15 is 0 Å². The maximum atomic E-state index is 6.25. The predicted octanol–water partition coefficient (Wildman–Crippen LogP) is 3.18. The molecule has 1 aromatic heterocycles. The van der Waals surface area contributed by atoms with Gasteiger partial charge in [0.05, 0.1) is 10.7 Å². The van der Waals surface area contributed by atoms with Crippen molar-refractivity contribution >= 4 is 17.3 Å². The zero-order chi connectivity index (χ0) is 15.0. The van der Waals surface area contributed by atoms with Crippen LogP contribution in [0.1, 0.15) is 11.1 Å². The van der Waals surface area contributed by atoms with Crippen molar-refractivity contribution < 1.29 is 0 Å². The number of anilines is 1. The van der Waals surface area contributed by atoms with Gasteiger partial charge >= 0.3 is 0 Å². The van der Waals surface area contributed by atoms with Gasteiger partial charge in [0.2, 0.25) is 0 Å². The summed E-state index contributed by atoms with van der Waals surface area (Å²) >= 11 is 6.25. The van der Waals surface area contributed by atoms with Crippen LogP contribution in [-0.2, 0) is 0 Å². The molecule has 0 aliphatic rings. The van der Waals surface area contributed by atoms with Gasteiger partial charge in [-0.05, 0) is 65.7 Å². The maximum absolute atomic E-state index is 6.25. The number of nitrogens with two attached hydrogens (primary N) is 1. The van der Waals surface area contributed by atoms with E-state index in [2.05, 4.69) is 29.4 Å². The molecule has 2 aromatic carbocycles. The van der Waals surface area contributed by atoms with Crippen LogP contribution in [0.4, 0.5) is 5.69 Å². The summed E-state index contributed by atoms with van der Waals surface area (Å²) in [6, 6.07) is 11.4. The first-order chi connectivity index (χ1) is 10.1. The molecule has 6 heteroatoms. The second-order valence-corrected chi connectivity index (χ2v) is 5.33. The summed E-state index contributed by atoms with van der Waals surface area (Å²) in [6.07, 6.45) is 0. The molecule has 0 unspecified atom stereocenters. The number of aryl methyl sites for hydroxylation is 2. The summed E-state index contributed by atoms with van der Waals surface area (Å²) in [5.74, 6) is 0.586. The van der Waals surface area contributed by atoms with Crippen molar-refractivity contribution in [2.45, 2.75) is 13.8 Å². The molecule has 0 saturated carbocycles. The number of tetrazole rings is 1. The predicted molar refractivity (Wildman–Crippen MR) is 83.5 cm³/mol. The molecule has 0 aliphatic heterocycles. The van der Waals surface area contributed by atoms with Crippen molar-refractivity contribution in [2.24, 2.45) is 0 Å². The minimum Gasteiger partial charge on any atom is -0.399 e. The van der Waals surface area contributed by atoms with Crippen LogP contribution < -0.4 is 5.73 Å². The van der Waals surface area contributed by atoms with Crippen LogP contribution in [0.15, 0.2) is 36.4 Å². The third-order valence-electron chi connectivity index (χ3n) is 3.44. The molecule has 2 N–H and O–H groups in total. The summed E-state index contributed by atoms with van der Waals surface area (Å²) in [6.45, 7) is 4.12. The van der Waals surface area contributed by atoms with E-state index in [0.717, 1.165) is 11.3 Å². The fraction of sp³-hybridized carbons (Fsp3) is 0.133. The van der Waals surface area contributed by atoms with Crippen LogP contribution >= 0.6 is 11.6 Å². The van der Waals surface area contributed by atoms with Crippen LogP contribution in [0, 0.1) is 13.8 Å². The number of halogens is 1. The molecule has 0 atom stereocenters. The summed E-state index contributed by atoms with van der Waals surface area (Å²) in [7, 11) is 0. The van der Waals surface area contributed by atoms with Crippen LogP contribution in [-0.4, -0.2) is 20.2 Å². The highest BCUT2D eigenvalue weighted by atomic mass is 35.5. The van der Waals surface area contributed by atoms with Gasteiger partial charge in [-0.3, -0.25) is 0 Å². The lowest BCUT2D eigenvalue weighted by molar-refractivity contribution is 0.790. The highest BCUT2D eigenvalue weighted by molar-refractivity contribution is 6.33. The molecule has 0 amide bonds. The lowest BCUT2D eigenvalue weighted by Crippen LogP contribution is -2.01. The second kappa shape index (κ2) is 5.18. The van der Waals surface area contributed by atoms with Gasteiger partial charge in [-0.25, -0.2) is 0 Å². The molecule has 0 bridgehead atoms. The minimum absolute atomic E-state index is 0.523. The maximum Gasteiger partial charge on any atom is 0.188 e. The van der Waals surface area contributed by atoms with Gasteiger partial charge in [-0.15, -0.1) is 5.10 Å². The van der Waals surface area contributed by atoms with Crippen molar-refractivity contribution in [3.05, 3.63) is 52.5 Å². The van der Waals surface area contributed by atoms with Crippen molar-refractivity contribution in [3.63, 3.8) is 0 Å². The van der Waals surface area contributed by atoms with Gasteiger partial charge in [0, 0.05) is 11.3 Å². The summed E-state index contributed by atoms with van der Waals surface area (Å²) in [4.78, 5) is 0. The van der Waals surface area contributed by atoms with Gasteiger partial charge in [-0.2, -0.15) is 4.68 Å². The van der Waals surface area contributed by atoms with Crippen LogP contribution in [0.5, 0.6) is 0 Å². The molecule has 21 heavy (non-hydrogen) atoms. The average molecular weight is 300 g/mol. The number of nitrogens with zero attached hydrogens (tertiary/aromatic N) is 4. The number of hydrogen-bond donors (Lipinski definition) is 1. The second-order valence-electron chi connectivity index (χ2n) is 4.92. The average Bonchev–Trinajstić information content (AvgIpc) is 2.91. The van der Waals surface area contributed by atoms with E-state index in [1.165, 1.54) is 11.1 Å². The zero-order valence-corrected chi connectivity index (χ0v) is 12.5. The quantitative estimate of drug-likeness (QED) is 0.738. The number of benzene rings is 2. The Labute approximate surface area is 127 Å². The van der Waals surface area contributed by atoms with Crippen molar-refractivity contribution in [2.75, 3.05) is 5.73 Å². The lowest BCUT2D eigenvalue weighted by atomic mass is 10.1. The smallest absolute Gasteiger partial charge is 0.188 e. The third kappa shape index (κ3) is 2.48. The first-order valence-corrected chi connectivity index (χ1v) is 6.85. The van der Waals surface area contributed by atoms with E-state index in [1.54, 1.807) is 16.8 Å². The molecule has 106 valence electrons. The number of nitrogen functional groups attached to an aromatic ring is 1. The van der Waals surface area contributed by atoms with Gasteiger partial charge in [0.25, 0.3) is 0 Å². The lowest BCUT2D eigenvalue weighted by Gasteiger charge is -2.08.